The van der Waals surface area contributed by atoms with E-state index < -0.39 is 26.5 Å². The molecule has 9 nitrogen and oxygen atoms in total. The van der Waals surface area contributed by atoms with E-state index in [4.69, 9.17) is 18.5 Å². The van der Waals surface area contributed by atoms with E-state index in [1.165, 1.54) is 218 Å². The summed E-state index contributed by atoms with van der Waals surface area (Å²) >= 11 is 0. The molecule has 0 aliphatic carbocycles. The van der Waals surface area contributed by atoms with E-state index in [1.807, 2.05) is 21.1 Å². The summed E-state index contributed by atoms with van der Waals surface area (Å²) in [5.41, 5.74) is 0. The molecule has 2 atom stereocenters. The van der Waals surface area contributed by atoms with Crippen molar-refractivity contribution >= 4 is 19.8 Å². The molecule has 0 bridgehead atoms. The maximum absolute atomic E-state index is 12.9. The van der Waals surface area contributed by atoms with Gasteiger partial charge in [0.1, 0.15) is 19.8 Å². The van der Waals surface area contributed by atoms with Crippen LogP contribution >= 0.6 is 7.82 Å². The number of esters is 2. The highest BCUT2D eigenvalue weighted by Crippen LogP contribution is 2.38. The van der Waals surface area contributed by atoms with E-state index >= 15 is 0 Å². The van der Waals surface area contributed by atoms with Gasteiger partial charge in [0.25, 0.3) is 7.82 Å². The molecular weight excluding hydrogens is 1230 g/mol. The van der Waals surface area contributed by atoms with Gasteiger partial charge in [-0.1, -0.05) is 372 Å². The largest absolute Gasteiger partial charge is 0.756 e. The molecule has 10 heteroatoms. The number of hydrogen-bond donors (Lipinski definition) is 0. The molecule has 0 N–H and O–H groups in total. The van der Waals surface area contributed by atoms with Gasteiger partial charge in [0.05, 0.1) is 27.7 Å². The van der Waals surface area contributed by atoms with E-state index in [9.17, 15) is 19.0 Å². The third-order valence-corrected chi connectivity index (χ3v) is 18.6. The lowest BCUT2D eigenvalue weighted by atomic mass is 10.0. The van der Waals surface area contributed by atoms with E-state index in [1.54, 1.807) is 0 Å². The summed E-state index contributed by atoms with van der Waals surface area (Å²) in [6.07, 6.45) is 113. The summed E-state index contributed by atoms with van der Waals surface area (Å²) in [4.78, 5) is 38.2. The molecule has 0 saturated carbocycles. The molecule has 0 fully saturated rings. The lowest BCUT2D eigenvalue weighted by Crippen LogP contribution is -2.37. The van der Waals surface area contributed by atoms with Crippen LogP contribution in [0, 0.1) is 0 Å². The molecule has 0 aliphatic rings. The predicted octanol–water partition coefficient (Wildman–Crippen LogP) is 26.9. The van der Waals surface area contributed by atoms with Crippen LogP contribution in [0.2, 0.25) is 0 Å². The predicted molar refractivity (Wildman–Crippen MR) is 424 cm³/mol. The van der Waals surface area contributed by atoms with Gasteiger partial charge in [-0.15, -0.1) is 0 Å². The number of carbonyl (C=O) groups is 2. The Bertz CT molecular complexity index is 2120. The zero-order valence-corrected chi connectivity index (χ0v) is 65.3. The molecule has 0 saturated heterocycles. The number of unbranched alkanes of at least 4 members (excludes halogenated alkanes) is 39. The number of likely N-dealkylation sites (N-methyl/N-ethyl adjacent to an activating group) is 1. The van der Waals surface area contributed by atoms with Gasteiger partial charge in [-0.2, -0.15) is 0 Å². The lowest BCUT2D eigenvalue weighted by molar-refractivity contribution is -0.870. The maximum atomic E-state index is 12.9. The quantitative estimate of drug-likeness (QED) is 0.0195. The van der Waals surface area contributed by atoms with E-state index in [-0.39, 0.29) is 32.0 Å². The normalized spacial score (nSPS) is 13.7. The van der Waals surface area contributed by atoms with Crippen molar-refractivity contribution in [3.63, 3.8) is 0 Å². The number of rotatable bonds is 75. The first-order valence-corrected chi connectivity index (χ1v) is 42.4. The third-order valence-electron chi connectivity index (χ3n) is 17.7. The Morgan fingerprint density at radius 2 is 0.551 bits per heavy atom. The van der Waals surface area contributed by atoms with Crippen LogP contribution in [0.25, 0.3) is 0 Å². The zero-order valence-electron chi connectivity index (χ0n) is 64.5. The zero-order chi connectivity index (χ0) is 71.1. The standard InChI is InChI=1S/C88H154NO8P/c1-6-8-10-12-14-16-18-20-22-24-26-28-30-32-34-36-38-40-41-42-43-44-45-46-47-49-51-53-55-57-59-61-63-65-67-69-71-73-75-77-79-81-88(91)97-86(85-96-98(92,93)95-83-82-89(3,4)5)84-94-87(90)80-78-76-74-72-70-68-66-64-62-60-58-56-54-52-50-48-39-37-35-33-31-29-27-25-23-21-19-17-15-13-11-9-7-2/h8-11,14-17,20-23,26-29,32-35,38,40,86H,6-7,12-13,18-19,24-25,30-31,36-37,39,41-85H2,1-5H3/b10-8-,11-9-,16-14-,17-15-,22-20-,23-21-,28-26-,29-27-,34-32-,35-33-,40-38-. The Morgan fingerprint density at radius 1 is 0.316 bits per heavy atom. The van der Waals surface area contributed by atoms with Gasteiger partial charge >= 0.3 is 11.9 Å². The number of hydrogen-bond acceptors (Lipinski definition) is 8. The van der Waals surface area contributed by atoms with Crippen molar-refractivity contribution in [2.45, 2.75) is 367 Å². The number of phosphoric ester groups is 1. The summed E-state index contributed by atoms with van der Waals surface area (Å²) in [7, 11) is 1.17. The minimum Gasteiger partial charge on any atom is -0.756 e. The summed E-state index contributed by atoms with van der Waals surface area (Å²) < 4.78 is 34.4. The molecule has 0 spiro atoms. The molecule has 0 amide bonds. The Kier molecular flexibility index (Phi) is 74.3. The smallest absolute Gasteiger partial charge is 0.306 e. The second-order valence-electron chi connectivity index (χ2n) is 28.4. The molecule has 564 valence electrons. The molecule has 98 heavy (non-hydrogen) atoms. The molecule has 0 aromatic rings. The highest BCUT2D eigenvalue weighted by atomic mass is 31.2. The third kappa shape index (κ3) is 81.1. The molecule has 0 aliphatic heterocycles. The molecule has 0 aromatic heterocycles. The second-order valence-corrected chi connectivity index (χ2v) is 29.8. The van der Waals surface area contributed by atoms with Crippen molar-refractivity contribution in [1.82, 2.24) is 0 Å². The second kappa shape index (κ2) is 77.3. The average molecular weight is 1390 g/mol. The van der Waals surface area contributed by atoms with Crippen LogP contribution in [0.3, 0.4) is 0 Å². The first-order chi connectivity index (χ1) is 48.0. The van der Waals surface area contributed by atoms with E-state index in [0.717, 1.165) is 109 Å². The number of nitrogens with zero attached hydrogens (tertiary/aromatic N) is 1. The van der Waals surface area contributed by atoms with Gasteiger partial charge in [-0.25, -0.2) is 0 Å². The van der Waals surface area contributed by atoms with Crippen LogP contribution in [-0.4, -0.2) is 70.0 Å². The number of ether oxygens (including phenoxy) is 2. The van der Waals surface area contributed by atoms with Gasteiger partial charge in [-0.3, -0.25) is 14.2 Å². The van der Waals surface area contributed by atoms with Crippen LogP contribution in [0.15, 0.2) is 134 Å². The minimum atomic E-state index is -4.65. The highest BCUT2D eigenvalue weighted by molar-refractivity contribution is 7.45. The lowest BCUT2D eigenvalue weighted by Gasteiger charge is -2.28. The topological polar surface area (TPSA) is 111 Å². The van der Waals surface area contributed by atoms with Crippen molar-refractivity contribution < 1.29 is 42.1 Å². The van der Waals surface area contributed by atoms with Gasteiger partial charge in [0.2, 0.25) is 0 Å². The fourth-order valence-corrected chi connectivity index (χ4v) is 12.2. The van der Waals surface area contributed by atoms with E-state index in [0.29, 0.717) is 17.4 Å². The maximum Gasteiger partial charge on any atom is 0.306 e. The monoisotopic (exact) mass is 1380 g/mol. The number of quaternary nitrogens is 1. The van der Waals surface area contributed by atoms with Crippen molar-refractivity contribution in [3.8, 4) is 0 Å². The van der Waals surface area contributed by atoms with Gasteiger partial charge in [-0.05, 0) is 109 Å². The molecule has 0 heterocycles. The van der Waals surface area contributed by atoms with Crippen LogP contribution in [0.1, 0.15) is 361 Å². The van der Waals surface area contributed by atoms with Gasteiger partial charge in [0, 0.05) is 12.8 Å². The average Bonchev–Trinajstić information content (AvgIpc) is 1.08. The Balaban J connectivity index is 3.93. The summed E-state index contributed by atoms with van der Waals surface area (Å²) in [5, 5.41) is 0. The molecule has 0 aromatic carbocycles. The summed E-state index contributed by atoms with van der Waals surface area (Å²) in [5.74, 6) is -0.820. The Hall–Kier alpha value is -3.85. The number of allylic oxidation sites excluding steroid dienone is 22. The van der Waals surface area contributed by atoms with Crippen LogP contribution in [0.5, 0.6) is 0 Å². The van der Waals surface area contributed by atoms with Crippen molar-refractivity contribution in [2.24, 2.45) is 0 Å². The van der Waals surface area contributed by atoms with Gasteiger partial charge in [0.15, 0.2) is 6.10 Å². The highest BCUT2D eigenvalue weighted by Gasteiger charge is 2.22. The van der Waals surface area contributed by atoms with Crippen LogP contribution in [-0.2, 0) is 32.7 Å². The fraction of sp³-hybridized carbons (Fsp3) is 0.727. The number of phosphoric acid groups is 1. The summed E-state index contributed by atoms with van der Waals surface area (Å²) in [6, 6.07) is 0. The van der Waals surface area contributed by atoms with Crippen LogP contribution in [0.4, 0.5) is 0 Å². The van der Waals surface area contributed by atoms with Crippen molar-refractivity contribution in [2.75, 3.05) is 47.5 Å². The van der Waals surface area contributed by atoms with Crippen LogP contribution < -0.4 is 4.89 Å². The number of carbonyl (C=O) groups excluding carboxylic acids is 2. The Morgan fingerprint density at radius 3 is 0.816 bits per heavy atom. The first kappa shape index (κ1) is 94.2. The Labute approximate surface area is 606 Å². The minimum absolute atomic E-state index is 0.0324. The molecular formula is C88H154NO8P. The molecule has 0 radical (unpaired) electrons. The SMILES string of the molecule is CC/C=C\C/C=C\C/C=C\C/C=C\C/C=C\C/C=C\CCCCCCCCCCCCCCCCCCCCCCCCC(=O)OC(COC(=O)CCCCCCCCCCCCCCCCCCC/C=C\C/C=C\C/C=C\C/C=C\C/C=C\CC)COP(=O)([O-])OCC[N+](C)(C)C. The molecule has 2 unspecified atom stereocenters. The van der Waals surface area contributed by atoms with E-state index in [2.05, 4.69) is 148 Å². The van der Waals surface area contributed by atoms with Gasteiger partial charge < -0.3 is 27.9 Å². The summed E-state index contributed by atoms with van der Waals surface area (Å²) in [6.45, 7) is 4.05. The first-order valence-electron chi connectivity index (χ1n) is 40.9. The van der Waals surface area contributed by atoms with Crippen molar-refractivity contribution in [1.29, 1.82) is 0 Å². The molecule has 0 rings (SSSR count). The van der Waals surface area contributed by atoms with Crippen molar-refractivity contribution in [3.05, 3.63) is 134 Å². The fourth-order valence-electron chi connectivity index (χ4n) is 11.5.